The predicted molar refractivity (Wildman–Crippen MR) is 84.9 cm³/mol. The molecule has 0 radical (unpaired) electrons. The van der Waals surface area contributed by atoms with E-state index in [4.69, 9.17) is 14.2 Å². The zero-order valence-corrected chi connectivity index (χ0v) is 13.1. The molecule has 126 valence electrons. The number of rotatable bonds is 8. The summed E-state index contributed by atoms with van der Waals surface area (Å²) in [6.07, 6.45) is 4.69. The van der Waals surface area contributed by atoms with Crippen LogP contribution in [0.15, 0.2) is 15.2 Å². The van der Waals surface area contributed by atoms with Crippen molar-refractivity contribution in [3.8, 4) is 0 Å². The number of nitrogens with one attached hydrogen (secondary N) is 1. The molecule has 0 aromatic rings. The Morgan fingerprint density at radius 2 is 2.13 bits per heavy atom. The number of fused-ring (bicyclic) bond motifs is 1. The van der Waals surface area contributed by atoms with Gasteiger partial charge in [-0.05, 0) is 25.7 Å². The molecule has 0 spiro atoms. The monoisotopic (exact) mass is 322 g/mol. The summed E-state index contributed by atoms with van der Waals surface area (Å²) in [5, 5.41) is 10.5. The van der Waals surface area contributed by atoms with Gasteiger partial charge in [0.05, 0.1) is 18.9 Å². The van der Waals surface area contributed by atoms with Crippen molar-refractivity contribution in [1.29, 1.82) is 0 Å². The van der Waals surface area contributed by atoms with Crippen molar-refractivity contribution in [3.63, 3.8) is 0 Å². The normalized spacial score (nSPS) is 23.7. The highest BCUT2D eigenvalue weighted by molar-refractivity contribution is 6.83. The van der Waals surface area contributed by atoms with Crippen molar-refractivity contribution in [3.05, 3.63) is 0 Å². The smallest absolute Gasteiger partial charge is 0.275 e. The minimum atomic E-state index is -0.211. The van der Waals surface area contributed by atoms with Crippen LogP contribution in [0.2, 0.25) is 0 Å². The first-order chi connectivity index (χ1) is 11.3. The van der Waals surface area contributed by atoms with Gasteiger partial charge in [0, 0.05) is 19.6 Å². The van der Waals surface area contributed by atoms with Gasteiger partial charge in [-0.3, -0.25) is 9.79 Å². The van der Waals surface area contributed by atoms with Crippen LogP contribution < -0.4 is 5.32 Å². The molecule has 3 aliphatic heterocycles. The molecule has 3 heterocycles. The topological polar surface area (TPSA) is 93.9 Å². The number of hydrogen-bond acceptors (Lipinski definition) is 7. The molecule has 1 atom stereocenters. The van der Waals surface area contributed by atoms with E-state index in [1.165, 1.54) is 6.42 Å². The largest absolute Gasteiger partial charge is 0.381 e. The Bertz CT molecular complexity index is 524. The van der Waals surface area contributed by atoms with Gasteiger partial charge in [-0.25, -0.2) is 0 Å². The van der Waals surface area contributed by atoms with Crippen LogP contribution in [-0.2, 0) is 19.0 Å². The first-order valence-corrected chi connectivity index (χ1v) is 8.13. The third-order valence-electron chi connectivity index (χ3n) is 3.82. The highest BCUT2D eigenvalue weighted by atomic mass is 16.7. The fourth-order valence-corrected chi connectivity index (χ4v) is 2.59. The van der Waals surface area contributed by atoms with E-state index in [0.717, 1.165) is 31.6 Å². The lowest BCUT2D eigenvalue weighted by atomic mass is 10.1. The zero-order chi connectivity index (χ0) is 15.9. The molecular formula is C15H22N4O4. The minimum Gasteiger partial charge on any atom is -0.381 e. The Balaban J connectivity index is 1.25. The lowest BCUT2D eigenvalue weighted by Gasteiger charge is -2.22. The van der Waals surface area contributed by atoms with Crippen molar-refractivity contribution < 1.29 is 19.0 Å². The fraction of sp³-hybridized carbons (Fsp3) is 0.733. The Morgan fingerprint density at radius 1 is 1.17 bits per heavy atom. The van der Waals surface area contributed by atoms with Crippen LogP contribution in [0.3, 0.4) is 0 Å². The van der Waals surface area contributed by atoms with E-state index in [2.05, 4.69) is 20.5 Å². The van der Waals surface area contributed by atoms with Gasteiger partial charge < -0.3 is 19.5 Å². The van der Waals surface area contributed by atoms with Gasteiger partial charge in [-0.1, -0.05) is 0 Å². The van der Waals surface area contributed by atoms with E-state index in [-0.39, 0.29) is 18.9 Å². The summed E-state index contributed by atoms with van der Waals surface area (Å²) in [5.74, 6) is -0.211. The summed E-state index contributed by atoms with van der Waals surface area (Å²) in [4.78, 5) is 15.8. The molecule has 0 saturated carbocycles. The maximum Gasteiger partial charge on any atom is 0.275 e. The molecule has 8 heteroatoms. The van der Waals surface area contributed by atoms with Crippen LogP contribution in [0.25, 0.3) is 0 Å². The SMILES string of the molecule is O=C1NCN=C2C(CCOCCCOC3CCCCO3)=NN=C12. The highest BCUT2D eigenvalue weighted by Crippen LogP contribution is 2.13. The maximum absolute atomic E-state index is 11.5. The van der Waals surface area contributed by atoms with Crippen molar-refractivity contribution in [2.24, 2.45) is 15.2 Å². The number of amides is 1. The molecule has 3 aliphatic rings. The molecule has 1 fully saturated rings. The van der Waals surface area contributed by atoms with Crippen LogP contribution in [-0.4, -0.2) is 62.4 Å². The van der Waals surface area contributed by atoms with Gasteiger partial charge >= 0.3 is 0 Å². The molecule has 1 saturated heterocycles. The molecule has 1 N–H and O–H groups in total. The van der Waals surface area contributed by atoms with Crippen molar-refractivity contribution in [2.75, 3.05) is 33.1 Å². The Hall–Kier alpha value is -1.64. The van der Waals surface area contributed by atoms with E-state index in [1.807, 2.05) is 0 Å². The van der Waals surface area contributed by atoms with E-state index in [1.54, 1.807) is 0 Å². The number of carbonyl (C=O) groups excluding carboxylic acids is 1. The second kappa shape index (κ2) is 8.28. The summed E-state index contributed by atoms with van der Waals surface area (Å²) in [5.41, 5.74) is 1.64. The summed E-state index contributed by atoms with van der Waals surface area (Å²) in [6.45, 7) is 2.89. The van der Waals surface area contributed by atoms with E-state index >= 15 is 0 Å². The highest BCUT2D eigenvalue weighted by Gasteiger charge is 2.29. The first kappa shape index (κ1) is 16.2. The van der Waals surface area contributed by atoms with Crippen LogP contribution in [0.1, 0.15) is 32.1 Å². The van der Waals surface area contributed by atoms with E-state index < -0.39 is 0 Å². The maximum atomic E-state index is 11.5. The standard InChI is InChI=1S/C15H22N4O4/c20-15-14-13(16-10-17-15)11(18-19-14)5-9-21-6-3-8-23-12-4-1-2-7-22-12/h12H,1-10H2,(H,17,20). The Kier molecular flexibility index (Phi) is 5.84. The van der Waals surface area contributed by atoms with Gasteiger partial charge in [-0.2, -0.15) is 5.10 Å². The number of ether oxygens (including phenoxy) is 3. The average molecular weight is 322 g/mol. The summed E-state index contributed by atoms with van der Waals surface area (Å²) < 4.78 is 16.7. The molecule has 0 aromatic heterocycles. The van der Waals surface area contributed by atoms with Crippen LogP contribution >= 0.6 is 0 Å². The quantitative estimate of drug-likeness (QED) is 0.664. The van der Waals surface area contributed by atoms with E-state index in [9.17, 15) is 4.79 Å². The molecule has 0 aliphatic carbocycles. The molecule has 1 unspecified atom stereocenters. The predicted octanol–water partition coefficient (Wildman–Crippen LogP) is 0.665. The van der Waals surface area contributed by atoms with Crippen LogP contribution in [0.5, 0.6) is 0 Å². The van der Waals surface area contributed by atoms with Crippen molar-refractivity contribution in [1.82, 2.24) is 5.32 Å². The third kappa shape index (κ3) is 4.43. The molecule has 8 nitrogen and oxygen atoms in total. The summed E-state index contributed by atoms with van der Waals surface area (Å²) in [7, 11) is 0. The molecular weight excluding hydrogens is 300 g/mol. The molecule has 3 rings (SSSR count). The van der Waals surface area contributed by atoms with Crippen molar-refractivity contribution >= 4 is 23.0 Å². The lowest BCUT2D eigenvalue weighted by molar-refractivity contribution is -0.164. The molecule has 0 bridgehead atoms. The summed E-state index contributed by atoms with van der Waals surface area (Å²) >= 11 is 0. The molecule has 1 amide bonds. The zero-order valence-electron chi connectivity index (χ0n) is 13.1. The Labute approximate surface area is 135 Å². The van der Waals surface area contributed by atoms with Gasteiger partial charge in [0.25, 0.3) is 5.91 Å². The van der Waals surface area contributed by atoms with Gasteiger partial charge in [0.2, 0.25) is 0 Å². The molecule has 0 aromatic carbocycles. The average Bonchev–Trinajstić information content (AvgIpc) is 3.00. The van der Waals surface area contributed by atoms with Gasteiger partial charge in [-0.15, -0.1) is 5.10 Å². The first-order valence-electron chi connectivity index (χ1n) is 8.13. The third-order valence-corrected chi connectivity index (χ3v) is 3.82. The summed E-state index contributed by atoms with van der Waals surface area (Å²) in [6, 6.07) is 0. The van der Waals surface area contributed by atoms with Crippen LogP contribution in [0, 0.1) is 0 Å². The van der Waals surface area contributed by atoms with Gasteiger partial charge in [0.1, 0.15) is 12.4 Å². The number of aliphatic imine (C=N–C) groups is 1. The number of hydrogen-bond donors (Lipinski definition) is 1. The fourth-order valence-electron chi connectivity index (χ4n) is 2.59. The lowest BCUT2D eigenvalue weighted by Crippen LogP contribution is -2.42. The van der Waals surface area contributed by atoms with Gasteiger partial charge in [0.15, 0.2) is 12.0 Å². The van der Waals surface area contributed by atoms with Crippen LogP contribution in [0.4, 0.5) is 0 Å². The van der Waals surface area contributed by atoms with Crippen molar-refractivity contribution in [2.45, 2.75) is 38.4 Å². The second-order valence-corrected chi connectivity index (χ2v) is 5.55. The Morgan fingerprint density at radius 3 is 3.00 bits per heavy atom. The molecule has 23 heavy (non-hydrogen) atoms. The number of nitrogens with zero attached hydrogens (tertiary/aromatic N) is 3. The number of carbonyl (C=O) groups is 1. The second-order valence-electron chi connectivity index (χ2n) is 5.55. The minimum absolute atomic E-state index is 0.0392. The van der Waals surface area contributed by atoms with E-state index in [0.29, 0.717) is 37.7 Å².